The van der Waals surface area contributed by atoms with E-state index in [2.05, 4.69) is 77.7 Å². The molecule has 2 aliphatic rings. The van der Waals surface area contributed by atoms with Crippen molar-refractivity contribution in [3.8, 4) is 0 Å². The summed E-state index contributed by atoms with van der Waals surface area (Å²) in [6, 6.07) is 0. The van der Waals surface area contributed by atoms with Crippen LogP contribution in [0.1, 0.15) is 79.6 Å². The van der Waals surface area contributed by atoms with Gasteiger partial charge in [0.25, 0.3) is 0 Å². The van der Waals surface area contributed by atoms with Crippen molar-refractivity contribution in [3.63, 3.8) is 0 Å². The van der Waals surface area contributed by atoms with Crippen LogP contribution in [-0.2, 0) is 0 Å². The van der Waals surface area contributed by atoms with Crippen LogP contribution in [0.4, 0.5) is 0 Å². The van der Waals surface area contributed by atoms with Crippen LogP contribution in [-0.4, -0.2) is 0 Å². The van der Waals surface area contributed by atoms with Crippen LogP contribution in [0.5, 0.6) is 0 Å². The maximum Gasteiger partial charge on any atom is -0.00845 e. The standard InChI is InChI=1S/C28H42/c1-7-21(3)9-10-22(4)23(5)11-12-24(6)26-17-19-28(20-18-26)27-15-13-25(8-2)14-16-27/h7,9-10,13,15,17,19,21-24H,1,8,11-12,14,16,18,20H2,2-6H3/b10-9-. The van der Waals surface area contributed by atoms with Gasteiger partial charge in [0, 0.05) is 0 Å². The quantitative estimate of drug-likeness (QED) is 0.333. The fourth-order valence-corrected chi connectivity index (χ4v) is 4.15. The van der Waals surface area contributed by atoms with E-state index in [-0.39, 0.29) is 0 Å². The van der Waals surface area contributed by atoms with Crippen LogP contribution in [0, 0.1) is 23.7 Å². The minimum atomic E-state index is 0.477. The van der Waals surface area contributed by atoms with Crippen LogP contribution in [0.3, 0.4) is 0 Å². The average Bonchev–Trinajstić information content (AvgIpc) is 2.75. The summed E-state index contributed by atoms with van der Waals surface area (Å²) in [6.07, 6.45) is 25.0. The molecule has 0 heterocycles. The third-order valence-corrected chi connectivity index (χ3v) is 6.96. The Kier molecular flexibility index (Phi) is 9.29. The molecule has 154 valence electrons. The molecule has 4 unspecified atom stereocenters. The second kappa shape index (κ2) is 11.4. The molecule has 0 heteroatoms. The molecule has 0 radical (unpaired) electrons. The molecule has 0 nitrogen and oxygen atoms in total. The monoisotopic (exact) mass is 378 g/mol. The minimum Gasteiger partial charge on any atom is -0.102 e. The van der Waals surface area contributed by atoms with Gasteiger partial charge in [-0.2, -0.15) is 0 Å². The summed E-state index contributed by atoms with van der Waals surface area (Å²) in [4.78, 5) is 0. The van der Waals surface area contributed by atoms with Crippen molar-refractivity contribution in [2.75, 3.05) is 0 Å². The Bertz CT molecular complexity index is 664. The zero-order valence-electron chi connectivity index (χ0n) is 19.0. The van der Waals surface area contributed by atoms with Gasteiger partial charge < -0.3 is 0 Å². The van der Waals surface area contributed by atoms with E-state index >= 15 is 0 Å². The zero-order chi connectivity index (χ0) is 20.5. The summed E-state index contributed by atoms with van der Waals surface area (Å²) < 4.78 is 0. The highest BCUT2D eigenvalue weighted by Crippen LogP contribution is 2.34. The zero-order valence-corrected chi connectivity index (χ0v) is 19.0. The van der Waals surface area contributed by atoms with E-state index in [4.69, 9.17) is 0 Å². The molecule has 0 aromatic carbocycles. The molecule has 28 heavy (non-hydrogen) atoms. The third kappa shape index (κ3) is 6.80. The highest BCUT2D eigenvalue weighted by Gasteiger charge is 2.18. The van der Waals surface area contributed by atoms with Gasteiger partial charge in [-0.1, -0.05) is 88.3 Å². The minimum absolute atomic E-state index is 0.477. The van der Waals surface area contributed by atoms with Gasteiger partial charge in [-0.15, -0.1) is 6.58 Å². The summed E-state index contributed by atoms with van der Waals surface area (Å²) in [5.41, 5.74) is 6.40. The van der Waals surface area contributed by atoms with E-state index < -0.39 is 0 Å². The van der Waals surface area contributed by atoms with Crippen LogP contribution in [0.2, 0.25) is 0 Å². The summed E-state index contributed by atoms with van der Waals surface area (Å²) in [5, 5.41) is 0. The molecular formula is C28H42. The lowest BCUT2D eigenvalue weighted by Crippen LogP contribution is -2.10. The molecule has 0 saturated carbocycles. The van der Waals surface area contributed by atoms with Crippen molar-refractivity contribution >= 4 is 0 Å². The van der Waals surface area contributed by atoms with Crippen molar-refractivity contribution in [1.82, 2.24) is 0 Å². The summed E-state index contributed by atoms with van der Waals surface area (Å²) in [7, 11) is 0. The number of hydrogen-bond donors (Lipinski definition) is 0. The van der Waals surface area contributed by atoms with Gasteiger partial charge >= 0.3 is 0 Å². The predicted molar refractivity (Wildman–Crippen MR) is 126 cm³/mol. The molecule has 0 aromatic heterocycles. The first-order valence-corrected chi connectivity index (χ1v) is 11.5. The third-order valence-electron chi connectivity index (χ3n) is 6.96. The largest absolute Gasteiger partial charge is 0.102 e. The summed E-state index contributed by atoms with van der Waals surface area (Å²) >= 11 is 0. The molecule has 2 rings (SSSR count). The van der Waals surface area contributed by atoms with Gasteiger partial charge in [0.15, 0.2) is 0 Å². The molecule has 0 saturated heterocycles. The lowest BCUT2D eigenvalue weighted by atomic mass is 9.81. The second-order valence-electron chi connectivity index (χ2n) is 9.10. The Labute approximate surface area is 174 Å². The van der Waals surface area contributed by atoms with Crippen LogP contribution < -0.4 is 0 Å². The fraction of sp³-hybridized carbons (Fsp3) is 0.571. The Morgan fingerprint density at radius 3 is 2.07 bits per heavy atom. The molecule has 0 bridgehead atoms. The normalized spacial score (nSPS) is 21.9. The van der Waals surface area contributed by atoms with Crippen molar-refractivity contribution in [2.45, 2.75) is 79.6 Å². The maximum absolute atomic E-state index is 3.87. The van der Waals surface area contributed by atoms with E-state index in [1.54, 1.807) is 22.3 Å². The van der Waals surface area contributed by atoms with Crippen molar-refractivity contribution in [3.05, 3.63) is 71.4 Å². The van der Waals surface area contributed by atoms with E-state index in [1.165, 1.54) is 44.9 Å². The van der Waals surface area contributed by atoms with E-state index in [0.29, 0.717) is 17.8 Å². The smallest absolute Gasteiger partial charge is 0.00845 e. The number of allylic oxidation sites excluding steroid dienone is 11. The molecular weight excluding hydrogens is 336 g/mol. The van der Waals surface area contributed by atoms with Gasteiger partial charge in [-0.05, 0) is 79.8 Å². The van der Waals surface area contributed by atoms with Crippen molar-refractivity contribution in [2.24, 2.45) is 23.7 Å². The predicted octanol–water partition coefficient (Wildman–Crippen LogP) is 8.76. The van der Waals surface area contributed by atoms with Crippen molar-refractivity contribution < 1.29 is 0 Å². The Balaban J connectivity index is 1.86. The Morgan fingerprint density at radius 1 is 0.857 bits per heavy atom. The van der Waals surface area contributed by atoms with Gasteiger partial charge in [0.2, 0.25) is 0 Å². The van der Waals surface area contributed by atoms with Crippen molar-refractivity contribution in [1.29, 1.82) is 0 Å². The molecule has 2 aliphatic carbocycles. The number of hydrogen-bond acceptors (Lipinski definition) is 0. The topological polar surface area (TPSA) is 0 Å². The maximum atomic E-state index is 3.87. The highest BCUT2D eigenvalue weighted by atomic mass is 14.2. The lowest BCUT2D eigenvalue weighted by molar-refractivity contribution is 0.387. The number of rotatable bonds is 10. The lowest BCUT2D eigenvalue weighted by Gasteiger charge is -2.24. The molecule has 0 amide bonds. The first-order valence-electron chi connectivity index (χ1n) is 11.5. The van der Waals surface area contributed by atoms with Gasteiger partial charge in [0.05, 0.1) is 0 Å². The summed E-state index contributed by atoms with van der Waals surface area (Å²) in [6.45, 7) is 15.5. The average molecular weight is 379 g/mol. The van der Waals surface area contributed by atoms with Gasteiger partial charge in [-0.3, -0.25) is 0 Å². The van der Waals surface area contributed by atoms with E-state index in [9.17, 15) is 0 Å². The Hall–Kier alpha value is -1.56. The highest BCUT2D eigenvalue weighted by molar-refractivity contribution is 5.42. The Morgan fingerprint density at radius 2 is 1.54 bits per heavy atom. The second-order valence-corrected chi connectivity index (χ2v) is 9.10. The fourth-order valence-electron chi connectivity index (χ4n) is 4.15. The SMILES string of the molecule is C=CC(C)/C=C\C(C)C(C)CCC(C)C1=CC=C(C2=CC=C(CC)CC2)CC1. The van der Waals surface area contributed by atoms with Gasteiger partial charge in [-0.25, -0.2) is 0 Å². The van der Waals surface area contributed by atoms with E-state index in [0.717, 1.165) is 5.92 Å². The van der Waals surface area contributed by atoms with Crippen LogP contribution in [0.15, 0.2) is 71.4 Å². The molecule has 0 aliphatic heterocycles. The molecule has 0 fully saturated rings. The molecule has 4 atom stereocenters. The van der Waals surface area contributed by atoms with Crippen LogP contribution >= 0.6 is 0 Å². The first-order chi connectivity index (χ1) is 13.4. The molecule has 0 N–H and O–H groups in total. The first kappa shape index (κ1) is 22.7. The van der Waals surface area contributed by atoms with Gasteiger partial charge in [0.1, 0.15) is 0 Å². The molecule has 0 aromatic rings. The van der Waals surface area contributed by atoms with Crippen LogP contribution in [0.25, 0.3) is 0 Å². The van der Waals surface area contributed by atoms with E-state index in [1.807, 2.05) is 6.08 Å². The summed E-state index contributed by atoms with van der Waals surface area (Å²) in [5.74, 6) is 2.56. The molecule has 0 spiro atoms.